The molecule has 1 N–H and O–H groups in total. The maximum absolute atomic E-state index is 13.7. The van der Waals surface area contributed by atoms with Crippen molar-refractivity contribution in [3.63, 3.8) is 0 Å². The standard InChI is InChI=1S/C42H49FN4O4/c1-49-37-25-33(26-38(50-2)39(37)51-3)28-46-22-18-41(30-46,27-31-9-5-4-6-10-31)17-21-45-23-19-42(48,20-24-45)40-44-35-11-7-8-12-36(35)47(40)29-32-13-15-34(43)16-14-32/h4-16,25-26,48H,17-24,27-30H2,1-3H3. The fourth-order valence-electron chi connectivity index (χ4n) is 8.24. The first kappa shape index (κ1) is 35.0. The third-order valence-corrected chi connectivity index (χ3v) is 11.0. The Morgan fingerprint density at radius 2 is 1.39 bits per heavy atom. The Morgan fingerprint density at radius 1 is 0.725 bits per heavy atom. The fourth-order valence-corrected chi connectivity index (χ4v) is 8.24. The van der Waals surface area contributed by atoms with Gasteiger partial charge in [-0.2, -0.15) is 0 Å². The smallest absolute Gasteiger partial charge is 0.203 e. The van der Waals surface area contributed by atoms with E-state index in [1.54, 1.807) is 33.5 Å². The Balaban J connectivity index is 1.05. The van der Waals surface area contributed by atoms with E-state index in [-0.39, 0.29) is 11.2 Å². The lowest BCUT2D eigenvalue weighted by atomic mass is 9.77. The number of likely N-dealkylation sites (tertiary alicyclic amines) is 2. The second-order valence-electron chi connectivity index (χ2n) is 14.4. The number of imidazole rings is 1. The summed E-state index contributed by atoms with van der Waals surface area (Å²) in [6.07, 6.45) is 4.45. The zero-order chi connectivity index (χ0) is 35.4. The molecule has 9 heteroatoms. The van der Waals surface area contributed by atoms with Crippen LogP contribution in [0.25, 0.3) is 11.0 Å². The number of benzene rings is 4. The van der Waals surface area contributed by atoms with Crippen molar-refractivity contribution >= 4 is 11.0 Å². The van der Waals surface area contributed by atoms with E-state index in [1.807, 2.05) is 24.3 Å². The number of piperidine rings is 1. The van der Waals surface area contributed by atoms with Crippen molar-refractivity contribution in [1.82, 2.24) is 19.4 Å². The van der Waals surface area contributed by atoms with Crippen LogP contribution in [-0.2, 0) is 25.1 Å². The highest BCUT2D eigenvalue weighted by molar-refractivity contribution is 5.76. The predicted molar refractivity (Wildman–Crippen MR) is 198 cm³/mol. The van der Waals surface area contributed by atoms with Crippen molar-refractivity contribution in [2.24, 2.45) is 5.41 Å². The molecule has 5 aromatic rings. The van der Waals surface area contributed by atoms with Crippen molar-refractivity contribution in [3.05, 3.63) is 119 Å². The van der Waals surface area contributed by atoms with Crippen molar-refractivity contribution < 1.29 is 23.7 Å². The maximum Gasteiger partial charge on any atom is 0.203 e. The number of ether oxygens (including phenoxy) is 3. The number of methoxy groups -OCH3 is 3. The average molecular weight is 693 g/mol. The molecule has 51 heavy (non-hydrogen) atoms. The number of aromatic nitrogens is 2. The lowest BCUT2D eigenvalue weighted by molar-refractivity contribution is -0.0368. The summed E-state index contributed by atoms with van der Waals surface area (Å²) in [5.41, 5.74) is 4.43. The van der Waals surface area contributed by atoms with E-state index in [0.29, 0.717) is 42.5 Å². The first-order valence-electron chi connectivity index (χ1n) is 18.0. The minimum absolute atomic E-state index is 0.138. The summed E-state index contributed by atoms with van der Waals surface area (Å²) >= 11 is 0. The van der Waals surface area contributed by atoms with Gasteiger partial charge in [-0.15, -0.1) is 0 Å². The summed E-state index contributed by atoms with van der Waals surface area (Å²) in [6.45, 7) is 5.93. The molecular formula is C42H49FN4O4. The highest BCUT2D eigenvalue weighted by Crippen LogP contribution is 2.42. The largest absolute Gasteiger partial charge is 0.493 e. The minimum Gasteiger partial charge on any atom is -0.493 e. The van der Waals surface area contributed by atoms with Gasteiger partial charge in [0.1, 0.15) is 17.2 Å². The number of aliphatic hydroxyl groups is 1. The van der Waals surface area contributed by atoms with E-state index < -0.39 is 5.60 Å². The second-order valence-corrected chi connectivity index (χ2v) is 14.4. The highest BCUT2D eigenvalue weighted by atomic mass is 19.1. The van der Waals surface area contributed by atoms with Gasteiger partial charge in [0.25, 0.3) is 0 Å². The lowest BCUT2D eigenvalue weighted by Crippen LogP contribution is -2.45. The second kappa shape index (κ2) is 15.0. The molecule has 2 saturated heterocycles. The molecule has 0 amide bonds. The van der Waals surface area contributed by atoms with Crippen LogP contribution in [0.1, 0.15) is 48.2 Å². The Morgan fingerprint density at radius 3 is 2.08 bits per heavy atom. The van der Waals surface area contributed by atoms with Crippen molar-refractivity contribution in [2.75, 3.05) is 54.1 Å². The molecule has 1 aromatic heterocycles. The van der Waals surface area contributed by atoms with Gasteiger partial charge in [-0.25, -0.2) is 9.37 Å². The van der Waals surface area contributed by atoms with Crippen LogP contribution in [-0.4, -0.2) is 78.5 Å². The van der Waals surface area contributed by atoms with Crippen LogP contribution < -0.4 is 14.2 Å². The molecule has 1 atom stereocenters. The van der Waals surface area contributed by atoms with Gasteiger partial charge < -0.3 is 28.8 Å². The van der Waals surface area contributed by atoms with Gasteiger partial charge in [-0.1, -0.05) is 54.6 Å². The van der Waals surface area contributed by atoms with Crippen LogP contribution in [0.2, 0.25) is 0 Å². The molecule has 0 spiro atoms. The molecule has 3 heterocycles. The van der Waals surface area contributed by atoms with Crippen LogP contribution >= 0.6 is 0 Å². The van der Waals surface area contributed by atoms with Crippen molar-refractivity contribution in [3.8, 4) is 17.2 Å². The van der Waals surface area contributed by atoms with Gasteiger partial charge in [-0.3, -0.25) is 4.90 Å². The first-order valence-corrected chi connectivity index (χ1v) is 18.0. The Hall–Kier alpha value is -4.44. The zero-order valence-corrected chi connectivity index (χ0v) is 30.0. The highest BCUT2D eigenvalue weighted by Gasteiger charge is 2.41. The molecule has 4 aromatic carbocycles. The number of hydrogen-bond donors (Lipinski definition) is 1. The molecule has 1 unspecified atom stereocenters. The quantitative estimate of drug-likeness (QED) is 0.142. The van der Waals surface area contributed by atoms with Gasteiger partial charge in [0.05, 0.1) is 32.4 Å². The van der Waals surface area contributed by atoms with Gasteiger partial charge >= 0.3 is 0 Å². The zero-order valence-electron chi connectivity index (χ0n) is 30.0. The monoisotopic (exact) mass is 692 g/mol. The van der Waals surface area contributed by atoms with E-state index in [2.05, 4.69) is 56.8 Å². The number of nitrogens with zero attached hydrogens (tertiary/aromatic N) is 4. The number of para-hydroxylation sites is 2. The maximum atomic E-state index is 13.7. The summed E-state index contributed by atoms with van der Waals surface area (Å²) < 4.78 is 32.6. The molecule has 268 valence electrons. The molecule has 0 bridgehead atoms. The SMILES string of the molecule is COc1cc(CN2CCC(CCN3CCC(O)(c4nc5ccccc5n4Cc4ccc(F)cc4)CC3)(Cc3ccccc3)C2)cc(OC)c1OC. The van der Waals surface area contributed by atoms with Crippen LogP contribution in [0.15, 0.2) is 91.0 Å². The molecule has 0 saturated carbocycles. The molecule has 7 rings (SSSR count). The van der Waals surface area contributed by atoms with E-state index in [0.717, 1.165) is 80.7 Å². The minimum atomic E-state index is -1.04. The van der Waals surface area contributed by atoms with Crippen molar-refractivity contribution in [1.29, 1.82) is 0 Å². The Labute approximate surface area is 300 Å². The molecule has 2 aliphatic rings. The number of fused-ring (bicyclic) bond motifs is 1. The molecule has 2 fully saturated rings. The van der Waals surface area contributed by atoms with Crippen LogP contribution in [0.3, 0.4) is 0 Å². The summed E-state index contributed by atoms with van der Waals surface area (Å²) in [4.78, 5) is 10.1. The van der Waals surface area contributed by atoms with Crippen LogP contribution in [0.4, 0.5) is 4.39 Å². The summed E-state index contributed by atoms with van der Waals surface area (Å²) in [6, 6.07) is 29.6. The lowest BCUT2D eigenvalue weighted by Gasteiger charge is -2.39. The molecule has 2 aliphatic heterocycles. The van der Waals surface area contributed by atoms with Gasteiger partial charge in [0, 0.05) is 32.7 Å². The summed E-state index contributed by atoms with van der Waals surface area (Å²) in [7, 11) is 4.95. The van der Waals surface area contributed by atoms with Gasteiger partial charge in [0.2, 0.25) is 5.75 Å². The Bertz CT molecular complexity index is 1900. The third-order valence-electron chi connectivity index (χ3n) is 11.0. The summed E-state index contributed by atoms with van der Waals surface area (Å²) in [5, 5.41) is 12.2. The first-order chi connectivity index (χ1) is 24.8. The van der Waals surface area contributed by atoms with Crippen LogP contribution in [0.5, 0.6) is 17.2 Å². The van der Waals surface area contributed by atoms with Crippen LogP contribution in [0, 0.1) is 11.2 Å². The fraction of sp³-hybridized carbons (Fsp3) is 0.405. The van der Waals surface area contributed by atoms with E-state index in [1.165, 1.54) is 17.7 Å². The van der Waals surface area contributed by atoms with Gasteiger partial charge in [0.15, 0.2) is 11.5 Å². The van der Waals surface area contributed by atoms with E-state index in [9.17, 15) is 9.50 Å². The van der Waals surface area contributed by atoms with Crippen molar-refractivity contribution in [2.45, 2.75) is 50.8 Å². The van der Waals surface area contributed by atoms with Gasteiger partial charge in [-0.05, 0) is 104 Å². The summed E-state index contributed by atoms with van der Waals surface area (Å²) in [5.74, 6) is 2.42. The molecule has 0 radical (unpaired) electrons. The van der Waals surface area contributed by atoms with E-state index >= 15 is 0 Å². The number of halogens is 1. The number of rotatable bonds is 13. The van der Waals surface area contributed by atoms with E-state index in [4.69, 9.17) is 19.2 Å². The number of hydrogen-bond acceptors (Lipinski definition) is 7. The predicted octanol–water partition coefficient (Wildman–Crippen LogP) is 7.06. The molecule has 8 nitrogen and oxygen atoms in total. The molecular weight excluding hydrogens is 643 g/mol. The Kier molecular flexibility index (Phi) is 10.3. The normalized spacial score (nSPS) is 19.4. The topological polar surface area (TPSA) is 72.2 Å². The molecule has 0 aliphatic carbocycles. The average Bonchev–Trinajstić information content (AvgIpc) is 3.73. The third kappa shape index (κ3) is 7.61.